The number of carbonyl (C=O) groups is 1. The molecule has 1 saturated heterocycles. The number of likely N-dealkylation sites (tertiary alicyclic amines) is 1. The smallest absolute Gasteiger partial charge is 0.318 e. The third kappa shape index (κ3) is 2.92. The van der Waals surface area contributed by atoms with Crippen molar-refractivity contribution in [1.82, 2.24) is 15.2 Å². The van der Waals surface area contributed by atoms with Crippen molar-refractivity contribution in [3.8, 4) is 11.1 Å². The molecule has 134 valence electrons. The minimum atomic E-state index is -0.270. The van der Waals surface area contributed by atoms with Gasteiger partial charge in [-0.1, -0.05) is 24.3 Å². The molecule has 6 heteroatoms. The Morgan fingerprint density at radius 3 is 3.00 bits per heavy atom. The molecule has 1 atom stereocenters. The number of urea groups is 1. The minimum absolute atomic E-state index is 0.0932. The number of hydrogen-bond donors (Lipinski definition) is 1. The molecule has 4 rings (SSSR count). The lowest BCUT2D eigenvalue weighted by atomic mass is 10.0. The normalized spacial score (nSPS) is 17.0. The zero-order valence-corrected chi connectivity index (χ0v) is 14.5. The summed E-state index contributed by atoms with van der Waals surface area (Å²) >= 11 is 0. The van der Waals surface area contributed by atoms with E-state index in [1.165, 1.54) is 6.07 Å². The first kappa shape index (κ1) is 16.6. The van der Waals surface area contributed by atoms with E-state index in [0.717, 1.165) is 18.4 Å². The summed E-state index contributed by atoms with van der Waals surface area (Å²) in [5, 5.41) is 2.83. The van der Waals surface area contributed by atoms with Crippen LogP contribution < -0.4 is 5.32 Å². The zero-order valence-electron chi connectivity index (χ0n) is 14.5. The number of halogens is 1. The molecule has 1 aliphatic rings. The summed E-state index contributed by atoms with van der Waals surface area (Å²) in [6.45, 7) is 3.17. The molecule has 0 aliphatic carbocycles. The van der Waals surface area contributed by atoms with Crippen LogP contribution in [0.4, 0.5) is 9.18 Å². The zero-order chi connectivity index (χ0) is 18.1. The summed E-state index contributed by atoms with van der Waals surface area (Å²) in [6, 6.07) is 11.9. The highest BCUT2D eigenvalue weighted by molar-refractivity contribution is 5.81. The van der Waals surface area contributed by atoms with E-state index in [9.17, 15) is 9.18 Å². The van der Waals surface area contributed by atoms with Crippen LogP contribution in [0.2, 0.25) is 0 Å². The predicted molar refractivity (Wildman–Crippen MR) is 97.2 cm³/mol. The molecule has 0 unspecified atom stereocenters. The SMILES string of the molecule is CCNC(=O)N1CCC[C@@H]1c1nc2cc(-c3ccccc3F)ccc2o1. The summed E-state index contributed by atoms with van der Waals surface area (Å²) in [5.41, 5.74) is 2.59. The molecule has 1 aliphatic heterocycles. The second kappa shape index (κ2) is 6.78. The molecule has 0 saturated carbocycles. The monoisotopic (exact) mass is 353 g/mol. The van der Waals surface area contributed by atoms with Crippen LogP contribution >= 0.6 is 0 Å². The Morgan fingerprint density at radius 2 is 2.19 bits per heavy atom. The van der Waals surface area contributed by atoms with E-state index >= 15 is 0 Å². The third-order valence-corrected chi connectivity index (χ3v) is 4.72. The maximum absolute atomic E-state index is 14.0. The van der Waals surface area contributed by atoms with E-state index in [2.05, 4.69) is 10.3 Å². The van der Waals surface area contributed by atoms with Gasteiger partial charge in [-0.15, -0.1) is 0 Å². The average Bonchev–Trinajstić information content (AvgIpc) is 3.28. The number of carbonyl (C=O) groups excluding carboxylic acids is 1. The van der Waals surface area contributed by atoms with Gasteiger partial charge in [0.2, 0.25) is 5.89 Å². The second-order valence-corrected chi connectivity index (χ2v) is 6.40. The van der Waals surface area contributed by atoms with Crippen LogP contribution in [0.1, 0.15) is 31.7 Å². The Morgan fingerprint density at radius 1 is 1.35 bits per heavy atom. The molecule has 0 radical (unpaired) electrons. The summed E-state index contributed by atoms with van der Waals surface area (Å²) < 4.78 is 19.9. The first-order chi connectivity index (χ1) is 12.7. The number of fused-ring (bicyclic) bond motifs is 1. The van der Waals surface area contributed by atoms with Crippen molar-refractivity contribution >= 4 is 17.1 Å². The molecule has 1 fully saturated rings. The number of nitrogens with zero attached hydrogens (tertiary/aromatic N) is 2. The standard InChI is InChI=1S/C20H20FN3O2/c1-2-22-20(25)24-11-5-8-17(24)19-23-16-12-13(9-10-18(16)26-19)14-6-3-4-7-15(14)21/h3-4,6-7,9-10,12,17H,2,5,8,11H2,1H3,(H,22,25)/t17-/m1/s1. The van der Waals surface area contributed by atoms with Crippen molar-refractivity contribution in [2.75, 3.05) is 13.1 Å². The highest BCUT2D eigenvalue weighted by atomic mass is 19.1. The van der Waals surface area contributed by atoms with Crippen LogP contribution in [0.5, 0.6) is 0 Å². The molecule has 0 bridgehead atoms. The maximum atomic E-state index is 14.0. The second-order valence-electron chi connectivity index (χ2n) is 6.40. The highest BCUT2D eigenvalue weighted by Gasteiger charge is 2.33. The van der Waals surface area contributed by atoms with Gasteiger partial charge in [0.25, 0.3) is 0 Å². The Hall–Kier alpha value is -2.89. The van der Waals surface area contributed by atoms with Gasteiger partial charge in [0.1, 0.15) is 17.4 Å². The Balaban J connectivity index is 1.68. The number of aromatic nitrogens is 1. The number of benzene rings is 2. The number of nitrogens with one attached hydrogen (secondary N) is 1. The molecule has 5 nitrogen and oxygen atoms in total. The van der Waals surface area contributed by atoms with Crippen molar-refractivity contribution in [2.45, 2.75) is 25.8 Å². The van der Waals surface area contributed by atoms with Gasteiger partial charge in [-0.05, 0) is 43.5 Å². The molecule has 1 aromatic heterocycles. The van der Waals surface area contributed by atoms with Crippen LogP contribution in [0.25, 0.3) is 22.2 Å². The van der Waals surface area contributed by atoms with Gasteiger partial charge in [-0.3, -0.25) is 0 Å². The number of hydrogen-bond acceptors (Lipinski definition) is 3. The molecule has 2 amide bonds. The van der Waals surface area contributed by atoms with E-state index in [4.69, 9.17) is 4.42 Å². The van der Waals surface area contributed by atoms with Crippen LogP contribution in [-0.2, 0) is 0 Å². The summed E-state index contributed by atoms with van der Waals surface area (Å²) in [6.07, 6.45) is 1.74. The van der Waals surface area contributed by atoms with Crippen LogP contribution in [-0.4, -0.2) is 29.0 Å². The van der Waals surface area contributed by atoms with Gasteiger partial charge < -0.3 is 14.6 Å². The van der Waals surface area contributed by atoms with Gasteiger partial charge in [0.05, 0.1) is 0 Å². The van der Waals surface area contributed by atoms with Gasteiger partial charge in [-0.25, -0.2) is 14.2 Å². The molecular weight excluding hydrogens is 333 g/mol. The molecule has 2 heterocycles. The van der Waals surface area contributed by atoms with E-state index in [1.54, 1.807) is 29.2 Å². The quantitative estimate of drug-likeness (QED) is 0.754. The van der Waals surface area contributed by atoms with Gasteiger partial charge in [0, 0.05) is 18.7 Å². The lowest BCUT2D eigenvalue weighted by Gasteiger charge is -2.22. The molecular formula is C20H20FN3O2. The van der Waals surface area contributed by atoms with Crippen LogP contribution in [0.15, 0.2) is 46.9 Å². The number of amides is 2. The van der Waals surface area contributed by atoms with Crippen molar-refractivity contribution in [2.24, 2.45) is 0 Å². The van der Waals surface area contributed by atoms with Crippen LogP contribution in [0.3, 0.4) is 0 Å². The average molecular weight is 353 g/mol. The minimum Gasteiger partial charge on any atom is -0.438 e. The molecule has 1 N–H and O–H groups in total. The lowest BCUT2D eigenvalue weighted by Crippen LogP contribution is -2.39. The number of rotatable bonds is 3. The van der Waals surface area contributed by atoms with Crippen LogP contribution in [0, 0.1) is 5.82 Å². The highest BCUT2D eigenvalue weighted by Crippen LogP contribution is 2.34. The van der Waals surface area contributed by atoms with E-state index in [1.807, 2.05) is 19.1 Å². The Kier molecular flexibility index (Phi) is 4.32. The Labute approximate surface area is 150 Å². The summed E-state index contributed by atoms with van der Waals surface area (Å²) in [7, 11) is 0. The molecule has 2 aromatic carbocycles. The fourth-order valence-electron chi connectivity index (χ4n) is 3.47. The number of oxazole rings is 1. The van der Waals surface area contributed by atoms with Gasteiger partial charge >= 0.3 is 6.03 Å². The third-order valence-electron chi connectivity index (χ3n) is 4.72. The van der Waals surface area contributed by atoms with Crippen molar-refractivity contribution in [1.29, 1.82) is 0 Å². The molecule has 0 spiro atoms. The summed E-state index contributed by atoms with van der Waals surface area (Å²) in [5.74, 6) is 0.267. The first-order valence-electron chi connectivity index (χ1n) is 8.87. The van der Waals surface area contributed by atoms with Gasteiger partial charge in [0.15, 0.2) is 5.58 Å². The maximum Gasteiger partial charge on any atom is 0.318 e. The Bertz CT molecular complexity index is 953. The largest absolute Gasteiger partial charge is 0.438 e. The predicted octanol–water partition coefficient (Wildman–Crippen LogP) is 4.50. The van der Waals surface area contributed by atoms with Crippen molar-refractivity contribution in [3.63, 3.8) is 0 Å². The van der Waals surface area contributed by atoms with Crippen molar-refractivity contribution < 1.29 is 13.6 Å². The fraction of sp³-hybridized carbons (Fsp3) is 0.300. The van der Waals surface area contributed by atoms with E-state index in [-0.39, 0.29) is 17.9 Å². The fourth-order valence-corrected chi connectivity index (χ4v) is 3.47. The van der Waals surface area contributed by atoms with Gasteiger partial charge in [-0.2, -0.15) is 0 Å². The van der Waals surface area contributed by atoms with Crippen molar-refractivity contribution in [3.05, 3.63) is 54.2 Å². The lowest BCUT2D eigenvalue weighted by molar-refractivity contribution is 0.186. The van der Waals surface area contributed by atoms with E-state index < -0.39 is 0 Å². The molecule has 26 heavy (non-hydrogen) atoms. The summed E-state index contributed by atoms with van der Waals surface area (Å²) in [4.78, 5) is 18.6. The topological polar surface area (TPSA) is 58.4 Å². The van der Waals surface area contributed by atoms with E-state index in [0.29, 0.717) is 35.6 Å². The first-order valence-corrected chi connectivity index (χ1v) is 8.87. The molecule has 3 aromatic rings.